The molecule has 0 saturated heterocycles. The predicted molar refractivity (Wildman–Crippen MR) is 66.7 cm³/mol. The van der Waals surface area contributed by atoms with Crippen LogP contribution in [-0.2, 0) is 13.1 Å². The molecule has 0 aliphatic heterocycles. The average molecular weight is 218 g/mol. The maximum atomic E-state index is 9.55. The number of rotatable bonds is 3. The molecule has 0 saturated carbocycles. The van der Waals surface area contributed by atoms with Crippen molar-refractivity contribution in [3.8, 4) is 5.75 Å². The van der Waals surface area contributed by atoms with E-state index in [2.05, 4.69) is 36.7 Å². The van der Waals surface area contributed by atoms with Gasteiger partial charge in [0.2, 0.25) is 0 Å². The Morgan fingerprint density at radius 2 is 2.06 bits per heavy atom. The molecule has 86 valence electrons. The molecule has 0 aliphatic rings. The summed E-state index contributed by atoms with van der Waals surface area (Å²) in [4.78, 5) is 2.14. The van der Waals surface area contributed by atoms with Gasteiger partial charge in [0.15, 0.2) is 0 Å². The predicted octanol–water partition coefficient (Wildman–Crippen LogP) is 2.43. The van der Waals surface area contributed by atoms with Crippen molar-refractivity contribution >= 4 is 10.9 Å². The van der Waals surface area contributed by atoms with Crippen LogP contribution in [-0.4, -0.2) is 28.7 Å². The first-order valence-electron chi connectivity index (χ1n) is 5.57. The standard InChI is InChI=1S/C13H18N2O/c1-4-15-9-10(8-14(2)3)12-7-11(16)5-6-13(12)15/h5-7,9,16H,4,8H2,1-3H3. The minimum atomic E-state index is 0.335. The van der Waals surface area contributed by atoms with Crippen molar-refractivity contribution in [1.29, 1.82) is 0 Å². The van der Waals surface area contributed by atoms with Gasteiger partial charge in [-0.2, -0.15) is 0 Å². The van der Waals surface area contributed by atoms with Crippen molar-refractivity contribution in [2.75, 3.05) is 14.1 Å². The largest absolute Gasteiger partial charge is 0.508 e. The summed E-state index contributed by atoms with van der Waals surface area (Å²) in [5.41, 5.74) is 2.45. The first-order valence-corrected chi connectivity index (χ1v) is 5.57. The topological polar surface area (TPSA) is 28.4 Å². The van der Waals surface area contributed by atoms with Crippen LogP contribution in [0, 0.1) is 0 Å². The molecule has 16 heavy (non-hydrogen) atoms. The lowest BCUT2D eigenvalue weighted by Gasteiger charge is -2.07. The van der Waals surface area contributed by atoms with Crippen molar-refractivity contribution in [2.24, 2.45) is 0 Å². The van der Waals surface area contributed by atoms with E-state index in [4.69, 9.17) is 0 Å². The van der Waals surface area contributed by atoms with Crippen molar-refractivity contribution in [3.05, 3.63) is 30.0 Å². The average Bonchev–Trinajstić information content (AvgIpc) is 2.55. The molecule has 1 aromatic heterocycles. The molecule has 0 aliphatic carbocycles. The summed E-state index contributed by atoms with van der Waals surface area (Å²) in [6, 6.07) is 5.57. The van der Waals surface area contributed by atoms with Gasteiger partial charge in [-0.3, -0.25) is 0 Å². The van der Waals surface area contributed by atoms with E-state index in [0.717, 1.165) is 18.5 Å². The normalized spacial score (nSPS) is 11.5. The fourth-order valence-electron chi connectivity index (χ4n) is 2.09. The van der Waals surface area contributed by atoms with Gasteiger partial charge in [-0.05, 0) is 44.8 Å². The van der Waals surface area contributed by atoms with Crippen LogP contribution in [0.15, 0.2) is 24.4 Å². The van der Waals surface area contributed by atoms with E-state index < -0.39 is 0 Å². The highest BCUT2D eigenvalue weighted by Gasteiger charge is 2.08. The zero-order chi connectivity index (χ0) is 11.7. The molecule has 2 rings (SSSR count). The monoisotopic (exact) mass is 218 g/mol. The highest BCUT2D eigenvalue weighted by Crippen LogP contribution is 2.26. The van der Waals surface area contributed by atoms with Gasteiger partial charge >= 0.3 is 0 Å². The van der Waals surface area contributed by atoms with E-state index in [1.165, 1.54) is 11.1 Å². The summed E-state index contributed by atoms with van der Waals surface area (Å²) in [5, 5.41) is 10.7. The highest BCUT2D eigenvalue weighted by atomic mass is 16.3. The van der Waals surface area contributed by atoms with Crippen LogP contribution in [0.5, 0.6) is 5.75 Å². The molecular formula is C13H18N2O. The number of phenolic OH excluding ortho intramolecular Hbond substituents is 1. The van der Waals surface area contributed by atoms with Crippen LogP contribution in [0.3, 0.4) is 0 Å². The lowest BCUT2D eigenvalue weighted by Crippen LogP contribution is -2.10. The van der Waals surface area contributed by atoms with Gasteiger partial charge in [0.1, 0.15) is 5.75 Å². The summed E-state index contributed by atoms with van der Waals surface area (Å²) in [6.07, 6.45) is 2.17. The number of nitrogens with zero attached hydrogens (tertiary/aromatic N) is 2. The van der Waals surface area contributed by atoms with Crippen LogP contribution in [0.1, 0.15) is 12.5 Å². The fraction of sp³-hybridized carbons (Fsp3) is 0.385. The molecule has 0 bridgehead atoms. The Balaban J connectivity index is 2.59. The first-order chi connectivity index (χ1) is 7.61. The fourth-order valence-corrected chi connectivity index (χ4v) is 2.09. The van der Waals surface area contributed by atoms with Crippen LogP contribution in [0.4, 0.5) is 0 Å². The van der Waals surface area contributed by atoms with E-state index >= 15 is 0 Å². The number of aromatic hydroxyl groups is 1. The van der Waals surface area contributed by atoms with Crippen LogP contribution in [0.25, 0.3) is 10.9 Å². The number of hydrogen-bond donors (Lipinski definition) is 1. The summed E-state index contributed by atoms with van der Waals surface area (Å²) < 4.78 is 2.22. The third-order valence-corrected chi connectivity index (χ3v) is 2.77. The Morgan fingerprint density at radius 1 is 1.31 bits per heavy atom. The molecule has 1 N–H and O–H groups in total. The van der Waals surface area contributed by atoms with Gasteiger partial charge < -0.3 is 14.6 Å². The van der Waals surface area contributed by atoms with Gasteiger partial charge in [0.05, 0.1) is 0 Å². The number of aromatic nitrogens is 1. The molecule has 2 aromatic rings. The minimum absolute atomic E-state index is 0.335. The van der Waals surface area contributed by atoms with Crippen molar-refractivity contribution in [3.63, 3.8) is 0 Å². The summed E-state index contributed by atoms with van der Waals surface area (Å²) in [5.74, 6) is 0.335. The molecule has 0 atom stereocenters. The molecule has 0 amide bonds. The Labute approximate surface area is 95.9 Å². The van der Waals surface area contributed by atoms with Crippen molar-refractivity contribution < 1.29 is 5.11 Å². The van der Waals surface area contributed by atoms with E-state index in [9.17, 15) is 5.11 Å². The van der Waals surface area contributed by atoms with Gasteiger partial charge in [0, 0.05) is 30.2 Å². The molecule has 0 fully saturated rings. The molecule has 0 spiro atoms. The second-order valence-electron chi connectivity index (χ2n) is 4.38. The zero-order valence-electron chi connectivity index (χ0n) is 10.1. The van der Waals surface area contributed by atoms with Crippen LogP contribution < -0.4 is 0 Å². The SMILES string of the molecule is CCn1cc(CN(C)C)c2cc(O)ccc21. The Morgan fingerprint density at radius 3 is 2.69 bits per heavy atom. The number of hydrogen-bond acceptors (Lipinski definition) is 2. The van der Waals surface area contributed by atoms with Crippen molar-refractivity contribution in [2.45, 2.75) is 20.0 Å². The van der Waals surface area contributed by atoms with Gasteiger partial charge in [-0.1, -0.05) is 0 Å². The Bertz CT molecular complexity index is 500. The molecule has 1 heterocycles. The van der Waals surface area contributed by atoms with Gasteiger partial charge in [-0.15, -0.1) is 0 Å². The lowest BCUT2D eigenvalue weighted by molar-refractivity contribution is 0.403. The van der Waals surface area contributed by atoms with Crippen molar-refractivity contribution in [1.82, 2.24) is 9.47 Å². The van der Waals surface area contributed by atoms with E-state index in [-0.39, 0.29) is 0 Å². The summed E-state index contributed by atoms with van der Waals surface area (Å²) in [7, 11) is 4.11. The zero-order valence-corrected chi connectivity index (χ0v) is 10.1. The quantitative estimate of drug-likeness (QED) is 0.857. The van der Waals surface area contributed by atoms with Crippen LogP contribution >= 0.6 is 0 Å². The first kappa shape index (κ1) is 11.0. The highest BCUT2D eigenvalue weighted by molar-refractivity contribution is 5.85. The summed E-state index contributed by atoms with van der Waals surface area (Å²) in [6.45, 7) is 3.98. The van der Waals surface area contributed by atoms with E-state index in [1.54, 1.807) is 6.07 Å². The van der Waals surface area contributed by atoms with E-state index in [1.807, 2.05) is 12.1 Å². The molecule has 0 radical (unpaired) electrons. The maximum Gasteiger partial charge on any atom is 0.116 e. The number of phenols is 1. The lowest BCUT2D eigenvalue weighted by atomic mass is 10.1. The number of aryl methyl sites for hydroxylation is 1. The minimum Gasteiger partial charge on any atom is -0.508 e. The third kappa shape index (κ3) is 1.91. The second-order valence-corrected chi connectivity index (χ2v) is 4.38. The van der Waals surface area contributed by atoms with Gasteiger partial charge in [-0.25, -0.2) is 0 Å². The molecule has 3 nitrogen and oxygen atoms in total. The Kier molecular flexibility index (Phi) is 2.88. The maximum absolute atomic E-state index is 9.55. The smallest absolute Gasteiger partial charge is 0.116 e. The van der Waals surface area contributed by atoms with Gasteiger partial charge in [0.25, 0.3) is 0 Å². The number of fused-ring (bicyclic) bond motifs is 1. The number of benzene rings is 1. The molecule has 1 aromatic carbocycles. The third-order valence-electron chi connectivity index (χ3n) is 2.77. The molecule has 3 heteroatoms. The second kappa shape index (κ2) is 4.18. The van der Waals surface area contributed by atoms with E-state index in [0.29, 0.717) is 5.75 Å². The Hall–Kier alpha value is -1.48. The molecular weight excluding hydrogens is 200 g/mol. The molecule has 0 unspecified atom stereocenters. The summed E-state index contributed by atoms with van der Waals surface area (Å²) >= 11 is 0. The van der Waals surface area contributed by atoms with Crippen LogP contribution in [0.2, 0.25) is 0 Å².